The van der Waals surface area contributed by atoms with E-state index < -0.39 is 26.6 Å². The molecule has 0 radical (unpaired) electrons. The molecule has 0 aliphatic heterocycles. The van der Waals surface area contributed by atoms with E-state index in [0.29, 0.717) is 16.9 Å². The zero-order valence-corrected chi connectivity index (χ0v) is 12.4. The molecule has 19 heavy (non-hydrogen) atoms. The monoisotopic (exact) mass is 304 g/mol. The predicted molar refractivity (Wildman–Crippen MR) is 73.7 cm³/mol. The van der Waals surface area contributed by atoms with E-state index >= 15 is 0 Å². The topological polar surface area (TPSA) is 88.5 Å². The van der Waals surface area contributed by atoms with Crippen LogP contribution in [0, 0.1) is 6.92 Å². The van der Waals surface area contributed by atoms with Crippen LogP contribution in [0.5, 0.6) is 0 Å². The normalized spacial score (nSPS) is 13.2. The number of carboxylic acids is 1. The fourth-order valence-electron chi connectivity index (χ4n) is 1.54. The summed E-state index contributed by atoms with van der Waals surface area (Å²) in [5.74, 6) is -0.876. The van der Waals surface area contributed by atoms with Gasteiger partial charge in [-0.05, 0) is 31.0 Å². The molecule has 0 saturated heterocycles. The third-order valence-electron chi connectivity index (χ3n) is 2.55. The molecule has 1 aromatic carbocycles. The van der Waals surface area contributed by atoms with Gasteiger partial charge in [-0.3, -0.25) is 4.21 Å². The number of sulfone groups is 1. The minimum atomic E-state index is -3.06. The van der Waals surface area contributed by atoms with Crippen LogP contribution in [0.2, 0.25) is 0 Å². The Kier molecular flexibility index (Phi) is 5.25. The van der Waals surface area contributed by atoms with Crippen molar-refractivity contribution in [2.45, 2.75) is 18.2 Å². The van der Waals surface area contributed by atoms with E-state index in [-0.39, 0.29) is 17.1 Å². The van der Waals surface area contributed by atoms with Crippen molar-refractivity contribution < 1.29 is 22.5 Å². The van der Waals surface area contributed by atoms with E-state index in [1.54, 1.807) is 19.1 Å². The fourth-order valence-corrected chi connectivity index (χ4v) is 3.51. The Balaban J connectivity index is 2.78. The lowest BCUT2D eigenvalue weighted by molar-refractivity contribution is 0.0696. The summed E-state index contributed by atoms with van der Waals surface area (Å²) in [6, 6.07) is 4.60. The first-order valence-electron chi connectivity index (χ1n) is 5.61. The number of aromatic carboxylic acids is 1. The van der Waals surface area contributed by atoms with Gasteiger partial charge in [0.25, 0.3) is 0 Å². The van der Waals surface area contributed by atoms with Crippen LogP contribution in [0.4, 0.5) is 0 Å². The molecule has 0 spiro atoms. The summed E-state index contributed by atoms with van der Waals surface area (Å²) in [7, 11) is -4.44. The molecule has 0 aromatic heterocycles. The maximum Gasteiger partial charge on any atom is 0.335 e. The molecule has 0 fully saturated rings. The number of carbonyl (C=O) groups is 1. The highest BCUT2D eigenvalue weighted by Gasteiger charge is 2.12. The number of hydrogen-bond donors (Lipinski definition) is 1. The molecular weight excluding hydrogens is 288 g/mol. The Labute approximate surface area is 115 Å². The highest BCUT2D eigenvalue weighted by Crippen LogP contribution is 2.15. The van der Waals surface area contributed by atoms with Crippen molar-refractivity contribution in [3.63, 3.8) is 0 Å². The summed E-state index contributed by atoms with van der Waals surface area (Å²) >= 11 is 0. The minimum Gasteiger partial charge on any atom is -0.478 e. The van der Waals surface area contributed by atoms with Gasteiger partial charge in [-0.15, -0.1) is 0 Å². The number of aryl methyl sites for hydroxylation is 1. The standard InChI is InChI=1S/C12H16O5S2/c1-9-4-5-10(8-11(9)12(13)14)18(15)6-3-7-19(2,16)17/h4-5,8H,3,6-7H2,1-2H3,(H,13,14). The summed E-state index contributed by atoms with van der Waals surface area (Å²) in [6.07, 6.45) is 1.42. The van der Waals surface area contributed by atoms with Crippen LogP contribution < -0.4 is 0 Å². The first-order valence-corrected chi connectivity index (χ1v) is 8.98. The molecule has 1 atom stereocenters. The molecule has 0 aliphatic carbocycles. The first-order chi connectivity index (χ1) is 8.70. The fraction of sp³-hybridized carbons (Fsp3) is 0.417. The van der Waals surface area contributed by atoms with Gasteiger partial charge in [-0.2, -0.15) is 0 Å². The molecule has 106 valence electrons. The third kappa shape index (κ3) is 5.12. The lowest BCUT2D eigenvalue weighted by Gasteiger charge is -2.05. The number of rotatable bonds is 6. The van der Waals surface area contributed by atoms with Crippen molar-refractivity contribution in [3.8, 4) is 0 Å². The predicted octanol–water partition coefficient (Wildman–Crippen LogP) is 1.24. The van der Waals surface area contributed by atoms with Crippen molar-refractivity contribution in [2.75, 3.05) is 17.8 Å². The third-order valence-corrected chi connectivity index (χ3v) is 5.02. The molecule has 0 saturated carbocycles. The van der Waals surface area contributed by atoms with Crippen LogP contribution in [0.3, 0.4) is 0 Å². The molecule has 5 nitrogen and oxygen atoms in total. The van der Waals surface area contributed by atoms with Crippen molar-refractivity contribution in [2.24, 2.45) is 0 Å². The van der Waals surface area contributed by atoms with Gasteiger partial charge in [0.05, 0.1) is 22.1 Å². The Bertz CT molecular complexity index is 605. The highest BCUT2D eigenvalue weighted by atomic mass is 32.2. The SMILES string of the molecule is Cc1ccc(S(=O)CCCS(C)(=O)=O)cc1C(=O)O. The lowest BCUT2D eigenvalue weighted by Crippen LogP contribution is -2.08. The van der Waals surface area contributed by atoms with Gasteiger partial charge in [0.15, 0.2) is 0 Å². The van der Waals surface area contributed by atoms with Crippen LogP contribution in [0.25, 0.3) is 0 Å². The van der Waals surface area contributed by atoms with Crippen molar-refractivity contribution >= 4 is 26.6 Å². The second-order valence-electron chi connectivity index (χ2n) is 4.31. The Morgan fingerprint density at radius 1 is 1.37 bits per heavy atom. The van der Waals surface area contributed by atoms with Gasteiger partial charge < -0.3 is 5.11 Å². The summed E-state index contributed by atoms with van der Waals surface area (Å²) in [5, 5.41) is 8.98. The number of hydrogen-bond acceptors (Lipinski definition) is 4. The lowest BCUT2D eigenvalue weighted by atomic mass is 10.1. The smallest absolute Gasteiger partial charge is 0.335 e. The van der Waals surface area contributed by atoms with Gasteiger partial charge in [0.1, 0.15) is 9.84 Å². The maximum atomic E-state index is 11.9. The molecule has 1 unspecified atom stereocenters. The van der Waals surface area contributed by atoms with E-state index in [2.05, 4.69) is 0 Å². The highest BCUT2D eigenvalue weighted by molar-refractivity contribution is 7.90. The molecular formula is C12H16O5S2. The van der Waals surface area contributed by atoms with Gasteiger partial charge in [0, 0.05) is 16.9 Å². The summed E-state index contributed by atoms with van der Waals surface area (Å²) in [5.41, 5.74) is 0.721. The molecule has 0 heterocycles. The van der Waals surface area contributed by atoms with Crippen LogP contribution >= 0.6 is 0 Å². The first kappa shape index (κ1) is 15.8. The summed E-state index contributed by atoms with van der Waals surface area (Å²) < 4.78 is 33.9. The van der Waals surface area contributed by atoms with Crippen LogP contribution in [0.15, 0.2) is 23.1 Å². The van der Waals surface area contributed by atoms with Gasteiger partial charge >= 0.3 is 5.97 Å². The Morgan fingerprint density at radius 2 is 2.00 bits per heavy atom. The van der Waals surface area contributed by atoms with Crippen molar-refractivity contribution in [3.05, 3.63) is 29.3 Å². The van der Waals surface area contributed by atoms with Crippen LogP contribution in [-0.2, 0) is 20.6 Å². The molecule has 7 heteroatoms. The molecule has 1 aromatic rings. The van der Waals surface area contributed by atoms with Gasteiger partial charge in [0.2, 0.25) is 0 Å². The largest absolute Gasteiger partial charge is 0.478 e. The van der Waals surface area contributed by atoms with E-state index in [1.807, 2.05) is 0 Å². The van der Waals surface area contributed by atoms with Crippen LogP contribution in [-0.4, -0.2) is 41.5 Å². The number of carboxylic acid groups (broad SMARTS) is 1. The summed E-state index contributed by atoms with van der Waals surface area (Å²) in [4.78, 5) is 11.4. The Morgan fingerprint density at radius 3 is 2.53 bits per heavy atom. The van der Waals surface area contributed by atoms with Gasteiger partial charge in [-0.25, -0.2) is 13.2 Å². The molecule has 0 bridgehead atoms. The second kappa shape index (κ2) is 6.29. The van der Waals surface area contributed by atoms with E-state index in [0.717, 1.165) is 6.26 Å². The molecule has 0 aliphatic rings. The number of benzene rings is 1. The average molecular weight is 304 g/mol. The second-order valence-corrected chi connectivity index (χ2v) is 8.15. The van der Waals surface area contributed by atoms with Crippen molar-refractivity contribution in [1.29, 1.82) is 0 Å². The van der Waals surface area contributed by atoms with Crippen LogP contribution in [0.1, 0.15) is 22.3 Å². The van der Waals surface area contributed by atoms with Gasteiger partial charge in [-0.1, -0.05) is 6.07 Å². The molecule has 1 N–H and O–H groups in total. The van der Waals surface area contributed by atoms with E-state index in [4.69, 9.17) is 5.11 Å². The molecule has 0 amide bonds. The van der Waals surface area contributed by atoms with E-state index in [1.165, 1.54) is 6.07 Å². The maximum absolute atomic E-state index is 11.9. The zero-order valence-electron chi connectivity index (χ0n) is 10.8. The summed E-state index contributed by atoms with van der Waals surface area (Å²) in [6.45, 7) is 1.67. The Hall–Kier alpha value is -1.21. The molecule has 1 rings (SSSR count). The average Bonchev–Trinajstić information content (AvgIpc) is 2.27. The van der Waals surface area contributed by atoms with E-state index in [9.17, 15) is 17.4 Å². The van der Waals surface area contributed by atoms with Crippen molar-refractivity contribution in [1.82, 2.24) is 0 Å². The zero-order chi connectivity index (χ0) is 14.6. The minimum absolute atomic E-state index is 0.0175. The quantitative estimate of drug-likeness (QED) is 0.854.